The second-order valence-corrected chi connectivity index (χ2v) is 5.29. The number of piperidine rings is 1. The van der Waals surface area contributed by atoms with Crippen LogP contribution in [0.5, 0.6) is 0 Å². The van der Waals surface area contributed by atoms with E-state index in [-0.39, 0.29) is 0 Å². The van der Waals surface area contributed by atoms with Crippen LogP contribution in [0.4, 0.5) is 0 Å². The van der Waals surface area contributed by atoms with E-state index in [0.29, 0.717) is 5.92 Å². The predicted octanol–water partition coefficient (Wildman–Crippen LogP) is 1.89. The van der Waals surface area contributed by atoms with Crippen molar-refractivity contribution in [3.05, 3.63) is 34.6 Å². The summed E-state index contributed by atoms with van der Waals surface area (Å²) >= 11 is 3.50. The summed E-state index contributed by atoms with van der Waals surface area (Å²) in [7, 11) is 0. The predicted molar refractivity (Wildman–Crippen MR) is 71.7 cm³/mol. The van der Waals surface area contributed by atoms with Crippen molar-refractivity contribution in [2.45, 2.75) is 18.8 Å². The number of nitrogens with one attached hydrogen (secondary N) is 1. The Bertz CT molecular complexity index is 533. The fourth-order valence-electron chi connectivity index (χ4n) is 2.18. The number of para-hydroxylation sites is 1. The Hall–Kier alpha value is -1.27. The van der Waals surface area contributed by atoms with Crippen LogP contribution in [-0.2, 0) is 0 Å². The zero-order valence-electron chi connectivity index (χ0n) is 9.88. The summed E-state index contributed by atoms with van der Waals surface area (Å²) in [6.45, 7) is 2.04. The van der Waals surface area contributed by atoms with E-state index in [1.807, 2.05) is 24.3 Å². The zero-order chi connectivity index (χ0) is 12.4. The van der Waals surface area contributed by atoms with Crippen LogP contribution in [0, 0.1) is 0 Å². The first-order chi connectivity index (χ1) is 8.84. The number of halogens is 1. The molecule has 1 fully saturated rings. The number of nitrogens with zero attached hydrogens (tertiary/aromatic N) is 4. The minimum atomic E-state index is 0.384. The highest BCUT2D eigenvalue weighted by Gasteiger charge is 2.20. The van der Waals surface area contributed by atoms with E-state index >= 15 is 0 Å². The molecule has 3 rings (SSSR count). The number of hydrogen-bond donors (Lipinski definition) is 1. The quantitative estimate of drug-likeness (QED) is 0.920. The molecular weight excluding hydrogens is 294 g/mol. The van der Waals surface area contributed by atoms with Crippen molar-refractivity contribution in [2.24, 2.45) is 0 Å². The normalized spacial score (nSPS) is 19.9. The Morgan fingerprint density at radius 2 is 2.22 bits per heavy atom. The lowest BCUT2D eigenvalue weighted by Crippen LogP contribution is -2.29. The van der Waals surface area contributed by atoms with Crippen molar-refractivity contribution in [3.63, 3.8) is 0 Å². The molecule has 2 aromatic rings. The van der Waals surface area contributed by atoms with Gasteiger partial charge in [-0.2, -0.15) is 0 Å². The van der Waals surface area contributed by atoms with Crippen LogP contribution in [0.25, 0.3) is 5.69 Å². The molecule has 1 aliphatic rings. The highest BCUT2D eigenvalue weighted by atomic mass is 79.9. The van der Waals surface area contributed by atoms with Crippen molar-refractivity contribution >= 4 is 15.9 Å². The molecule has 1 aromatic heterocycles. The van der Waals surface area contributed by atoms with Crippen LogP contribution in [-0.4, -0.2) is 33.3 Å². The molecular formula is C12H14BrN5. The Labute approximate surface area is 114 Å². The minimum absolute atomic E-state index is 0.384. The van der Waals surface area contributed by atoms with Crippen LogP contribution in [0.15, 0.2) is 28.7 Å². The van der Waals surface area contributed by atoms with Crippen LogP contribution in [0.1, 0.15) is 24.6 Å². The molecule has 1 atom stereocenters. The highest BCUT2D eigenvalue weighted by molar-refractivity contribution is 9.10. The van der Waals surface area contributed by atoms with E-state index in [2.05, 4.69) is 36.7 Å². The van der Waals surface area contributed by atoms with E-state index in [0.717, 1.165) is 35.5 Å². The standard InChI is InChI=1S/C12H14BrN5/c13-10-5-1-2-6-11(10)18-16-12(15-17-18)9-4-3-7-14-8-9/h1-2,5-6,9,14H,3-4,7-8H2. The first kappa shape index (κ1) is 11.8. The Kier molecular flexibility index (Phi) is 3.38. The van der Waals surface area contributed by atoms with Crippen molar-refractivity contribution in [1.29, 1.82) is 0 Å². The largest absolute Gasteiger partial charge is 0.316 e. The van der Waals surface area contributed by atoms with Gasteiger partial charge in [0.25, 0.3) is 0 Å². The number of aromatic nitrogens is 4. The summed E-state index contributed by atoms with van der Waals surface area (Å²) in [6, 6.07) is 7.87. The van der Waals surface area contributed by atoms with Crippen LogP contribution in [0.2, 0.25) is 0 Å². The van der Waals surface area contributed by atoms with Crippen LogP contribution < -0.4 is 5.32 Å². The number of benzene rings is 1. The summed E-state index contributed by atoms with van der Waals surface area (Å²) in [5.41, 5.74) is 0.917. The molecule has 0 amide bonds. The molecule has 94 valence electrons. The smallest absolute Gasteiger partial charge is 0.179 e. The van der Waals surface area contributed by atoms with Gasteiger partial charge in [0.1, 0.15) is 5.69 Å². The van der Waals surface area contributed by atoms with Gasteiger partial charge in [-0.05, 0) is 52.7 Å². The average Bonchev–Trinajstić information content (AvgIpc) is 2.90. The van der Waals surface area contributed by atoms with E-state index in [9.17, 15) is 0 Å². The highest BCUT2D eigenvalue weighted by Crippen LogP contribution is 2.22. The molecule has 0 aliphatic carbocycles. The third-order valence-electron chi connectivity index (χ3n) is 3.16. The summed E-state index contributed by atoms with van der Waals surface area (Å²) in [5.74, 6) is 1.22. The molecule has 1 unspecified atom stereocenters. The molecule has 1 N–H and O–H groups in total. The molecule has 1 aromatic carbocycles. The van der Waals surface area contributed by atoms with Gasteiger partial charge in [0.05, 0.1) is 0 Å². The molecule has 2 heterocycles. The Morgan fingerprint density at radius 1 is 1.33 bits per heavy atom. The maximum Gasteiger partial charge on any atom is 0.179 e. The molecule has 0 bridgehead atoms. The van der Waals surface area contributed by atoms with Gasteiger partial charge in [-0.3, -0.25) is 0 Å². The average molecular weight is 308 g/mol. The maximum atomic E-state index is 4.49. The van der Waals surface area contributed by atoms with Crippen molar-refractivity contribution < 1.29 is 0 Å². The van der Waals surface area contributed by atoms with Crippen LogP contribution in [0.3, 0.4) is 0 Å². The zero-order valence-corrected chi connectivity index (χ0v) is 11.5. The molecule has 18 heavy (non-hydrogen) atoms. The lowest BCUT2D eigenvalue weighted by molar-refractivity contribution is 0.446. The van der Waals surface area contributed by atoms with E-state index in [1.165, 1.54) is 6.42 Å². The second kappa shape index (κ2) is 5.16. The number of hydrogen-bond acceptors (Lipinski definition) is 4. The SMILES string of the molecule is Brc1ccccc1-n1nnc(C2CCCNC2)n1. The number of tetrazole rings is 1. The van der Waals surface area contributed by atoms with Crippen molar-refractivity contribution in [3.8, 4) is 5.69 Å². The van der Waals surface area contributed by atoms with Gasteiger partial charge >= 0.3 is 0 Å². The van der Waals surface area contributed by atoms with Gasteiger partial charge in [-0.25, -0.2) is 0 Å². The molecule has 5 nitrogen and oxygen atoms in total. The molecule has 0 saturated carbocycles. The van der Waals surface area contributed by atoms with Gasteiger partial charge < -0.3 is 5.32 Å². The molecule has 0 radical (unpaired) electrons. The van der Waals surface area contributed by atoms with Crippen molar-refractivity contribution in [2.75, 3.05) is 13.1 Å². The summed E-state index contributed by atoms with van der Waals surface area (Å²) in [4.78, 5) is 1.59. The van der Waals surface area contributed by atoms with E-state index in [1.54, 1.807) is 4.80 Å². The summed E-state index contributed by atoms with van der Waals surface area (Å²) < 4.78 is 0.968. The first-order valence-corrected chi connectivity index (χ1v) is 6.89. The third kappa shape index (κ3) is 2.30. The fraction of sp³-hybridized carbons (Fsp3) is 0.417. The maximum absolute atomic E-state index is 4.49. The first-order valence-electron chi connectivity index (χ1n) is 6.10. The van der Waals surface area contributed by atoms with Gasteiger partial charge in [0.15, 0.2) is 5.82 Å². The molecule has 1 saturated heterocycles. The lowest BCUT2D eigenvalue weighted by Gasteiger charge is -2.19. The minimum Gasteiger partial charge on any atom is -0.316 e. The topological polar surface area (TPSA) is 55.6 Å². The van der Waals surface area contributed by atoms with E-state index < -0.39 is 0 Å². The Morgan fingerprint density at radius 3 is 3.00 bits per heavy atom. The molecule has 1 aliphatic heterocycles. The van der Waals surface area contributed by atoms with Gasteiger partial charge in [-0.1, -0.05) is 12.1 Å². The fourth-order valence-corrected chi connectivity index (χ4v) is 2.62. The van der Waals surface area contributed by atoms with Gasteiger partial charge in [0.2, 0.25) is 0 Å². The summed E-state index contributed by atoms with van der Waals surface area (Å²) in [5, 5.41) is 16.2. The lowest BCUT2D eigenvalue weighted by atomic mass is 9.99. The molecule has 6 heteroatoms. The molecule has 0 spiro atoms. The van der Waals surface area contributed by atoms with E-state index in [4.69, 9.17) is 0 Å². The monoisotopic (exact) mass is 307 g/mol. The van der Waals surface area contributed by atoms with Gasteiger partial charge in [0, 0.05) is 16.9 Å². The summed E-state index contributed by atoms with van der Waals surface area (Å²) in [6.07, 6.45) is 2.31. The Balaban J connectivity index is 1.87. The van der Waals surface area contributed by atoms with Crippen LogP contribution >= 0.6 is 15.9 Å². The van der Waals surface area contributed by atoms with Gasteiger partial charge in [-0.15, -0.1) is 15.0 Å². The van der Waals surface area contributed by atoms with Crippen molar-refractivity contribution in [1.82, 2.24) is 25.5 Å². The third-order valence-corrected chi connectivity index (χ3v) is 3.83. The number of rotatable bonds is 2. The second-order valence-electron chi connectivity index (χ2n) is 4.43.